The molecule has 2 N–H and O–H groups in total. The summed E-state index contributed by atoms with van der Waals surface area (Å²) in [7, 11) is 4.00. The van der Waals surface area contributed by atoms with Crippen LogP contribution in [0.25, 0.3) is 0 Å². The SMILES string of the molecule is CN(C)CCNc1ncc(NC(=O)n2cccc2)cn1. The lowest BCUT2D eigenvalue weighted by Gasteiger charge is -2.10. The molecule has 7 heteroatoms. The Hall–Kier alpha value is -2.41. The second-order valence-electron chi connectivity index (χ2n) is 4.55. The number of amides is 1. The molecule has 1 amide bonds. The summed E-state index contributed by atoms with van der Waals surface area (Å²) < 4.78 is 1.45. The first-order valence-electron chi connectivity index (χ1n) is 6.30. The highest BCUT2D eigenvalue weighted by Crippen LogP contribution is 2.06. The Morgan fingerprint density at radius 2 is 1.90 bits per heavy atom. The molecule has 0 saturated heterocycles. The summed E-state index contributed by atoms with van der Waals surface area (Å²) in [5, 5.41) is 5.81. The molecule has 0 bridgehead atoms. The number of carbonyl (C=O) groups excluding carboxylic acids is 1. The van der Waals surface area contributed by atoms with E-state index in [4.69, 9.17) is 0 Å². The fourth-order valence-electron chi connectivity index (χ4n) is 1.53. The van der Waals surface area contributed by atoms with E-state index in [1.54, 1.807) is 36.9 Å². The zero-order valence-corrected chi connectivity index (χ0v) is 11.6. The van der Waals surface area contributed by atoms with Crippen LogP contribution in [0.2, 0.25) is 0 Å². The van der Waals surface area contributed by atoms with Crippen molar-refractivity contribution in [3.8, 4) is 0 Å². The van der Waals surface area contributed by atoms with Crippen molar-refractivity contribution in [2.75, 3.05) is 37.8 Å². The lowest BCUT2D eigenvalue weighted by molar-refractivity contribution is 0.253. The maximum absolute atomic E-state index is 11.8. The van der Waals surface area contributed by atoms with Crippen molar-refractivity contribution in [2.24, 2.45) is 0 Å². The van der Waals surface area contributed by atoms with E-state index >= 15 is 0 Å². The minimum atomic E-state index is -0.244. The van der Waals surface area contributed by atoms with Crippen molar-refractivity contribution >= 4 is 17.7 Å². The molecule has 0 spiro atoms. The molecule has 0 aromatic carbocycles. The van der Waals surface area contributed by atoms with Crippen LogP contribution in [0.3, 0.4) is 0 Å². The predicted molar refractivity (Wildman–Crippen MR) is 77.9 cm³/mol. The van der Waals surface area contributed by atoms with Crippen molar-refractivity contribution in [3.63, 3.8) is 0 Å². The van der Waals surface area contributed by atoms with Gasteiger partial charge in [-0.2, -0.15) is 0 Å². The molecule has 0 fully saturated rings. The molecule has 106 valence electrons. The number of rotatable bonds is 5. The number of hydrogen-bond donors (Lipinski definition) is 2. The minimum Gasteiger partial charge on any atom is -0.353 e. The van der Waals surface area contributed by atoms with Gasteiger partial charge < -0.3 is 15.5 Å². The Labute approximate surface area is 117 Å². The van der Waals surface area contributed by atoms with Gasteiger partial charge in [-0.05, 0) is 26.2 Å². The van der Waals surface area contributed by atoms with E-state index in [1.807, 2.05) is 14.1 Å². The minimum absolute atomic E-state index is 0.244. The second-order valence-corrected chi connectivity index (χ2v) is 4.55. The van der Waals surface area contributed by atoms with Crippen LogP contribution in [0, 0.1) is 0 Å². The van der Waals surface area contributed by atoms with Crippen LogP contribution in [0.1, 0.15) is 0 Å². The third kappa shape index (κ3) is 4.06. The average molecular weight is 274 g/mol. The molecule has 2 aromatic heterocycles. The number of nitrogens with one attached hydrogen (secondary N) is 2. The maximum Gasteiger partial charge on any atom is 0.330 e. The van der Waals surface area contributed by atoms with Gasteiger partial charge in [-0.15, -0.1) is 0 Å². The van der Waals surface area contributed by atoms with Gasteiger partial charge in [0.25, 0.3) is 0 Å². The number of anilines is 2. The molecule has 0 radical (unpaired) electrons. The molecule has 0 aliphatic rings. The molecule has 2 rings (SSSR count). The first-order valence-corrected chi connectivity index (χ1v) is 6.30. The van der Waals surface area contributed by atoms with Crippen molar-refractivity contribution in [1.82, 2.24) is 19.4 Å². The van der Waals surface area contributed by atoms with Crippen molar-refractivity contribution in [1.29, 1.82) is 0 Å². The average Bonchev–Trinajstić information content (AvgIpc) is 2.94. The van der Waals surface area contributed by atoms with E-state index in [0.29, 0.717) is 11.6 Å². The lowest BCUT2D eigenvalue weighted by atomic mass is 10.5. The summed E-state index contributed by atoms with van der Waals surface area (Å²) in [4.78, 5) is 22.1. The summed E-state index contributed by atoms with van der Waals surface area (Å²) in [6.07, 6.45) is 6.50. The number of aromatic nitrogens is 3. The Balaban J connectivity index is 1.87. The van der Waals surface area contributed by atoms with E-state index in [1.165, 1.54) is 4.57 Å². The van der Waals surface area contributed by atoms with Gasteiger partial charge in [-0.25, -0.2) is 14.8 Å². The van der Waals surface area contributed by atoms with Crippen molar-refractivity contribution in [3.05, 3.63) is 36.9 Å². The number of nitrogens with zero attached hydrogens (tertiary/aromatic N) is 4. The van der Waals surface area contributed by atoms with Gasteiger partial charge in [0.05, 0.1) is 18.1 Å². The molecule has 2 aromatic rings. The van der Waals surface area contributed by atoms with Crippen LogP contribution in [0.15, 0.2) is 36.9 Å². The van der Waals surface area contributed by atoms with Gasteiger partial charge >= 0.3 is 6.03 Å². The van der Waals surface area contributed by atoms with Gasteiger partial charge in [0.2, 0.25) is 5.95 Å². The topological polar surface area (TPSA) is 75.1 Å². The molecule has 20 heavy (non-hydrogen) atoms. The zero-order valence-electron chi connectivity index (χ0n) is 11.6. The summed E-state index contributed by atoms with van der Waals surface area (Å²) in [5.41, 5.74) is 0.557. The first-order chi connectivity index (χ1) is 9.65. The Kier molecular flexibility index (Phi) is 4.67. The summed E-state index contributed by atoms with van der Waals surface area (Å²) >= 11 is 0. The summed E-state index contributed by atoms with van der Waals surface area (Å²) in [5.74, 6) is 0.547. The zero-order chi connectivity index (χ0) is 14.4. The fraction of sp³-hybridized carbons (Fsp3) is 0.308. The third-order valence-electron chi connectivity index (χ3n) is 2.58. The number of likely N-dealkylation sites (N-methyl/N-ethyl adjacent to an activating group) is 1. The van der Waals surface area contributed by atoms with Crippen LogP contribution < -0.4 is 10.6 Å². The molecule has 0 atom stereocenters. The second kappa shape index (κ2) is 6.67. The molecule has 0 aliphatic carbocycles. The van der Waals surface area contributed by atoms with E-state index < -0.39 is 0 Å². The highest BCUT2D eigenvalue weighted by Gasteiger charge is 2.04. The van der Waals surface area contributed by atoms with Gasteiger partial charge in [0.1, 0.15) is 0 Å². The molecule has 0 saturated carbocycles. The Bertz CT molecular complexity index is 534. The first kappa shape index (κ1) is 14.0. The van der Waals surface area contributed by atoms with Gasteiger partial charge in [-0.1, -0.05) is 0 Å². The predicted octanol–water partition coefficient (Wildman–Crippen LogP) is 1.33. The largest absolute Gasteiger partial charge is 0.353 e. The molecular formula is C13H18N6O. The van der Waals surface area contributed by atoms with Crippen molar-refractivity contribution in [2.45, 2.75) is 0 Å². The summed E-state index contributed by atoms with van der Waals surface area (Å²) in [6.45, 7) is 1.66. The highest BCUT2D eigenvalue weighted by molar-refractivity contribution is 5.90. The lowest BCUT2D eigenvalue weighted by Crippen LogP contribution is -2.21. The van der Waals surface area contributed by atoms with Crippen LogP contribution in [0.5, 0.6) is 0 Å². The van der Waals surface area contributed by atoms with E-state index in [-0.39, 0.29) is 6.03 Å². The highest BCUT2D eigenvalue weighted by atomic mass is 16.2. The van der Waals surface area contributed by atoms with E-state index in [9.17, 15) is 4.79 Å². The molecule has 0 unspecified atom stereocenters. The van der Waals surface area contributed by atoms with Gasteiger partial charge in [-0.3, -0.25) is 4.57 Å². The summed E-state index contributed by atoms with van der Waals surface area (Å²) in [6, 6.07) is 3.33. The quantitative estimate of drug-likeness (QED) is 0.860. The van der Waals surface area contributed by atoms with E-state index in [0.717, 1.165) is 13.1 Å². The molecular weight excluding hydrogens is 256 g/mol. The smallest absolute Gasteiger partial charge is 0.330 e. The van der Waals surface area contributed by atoms with Gasteiger partial charge in [0.15, 0.2) is 0 Å². The molecule has 7 nitrogen and oxygen atoms in total. The number of carbonyl (C=O) groups is 1. The standard InChI is InChI=1S/C13H18N6O/c1-18(2)8-5-14-12-15-9-11(10-16-12)17-13(20)19-6-3-4-7-19/h3-4,6-7,9-10H,5,8H2,1-2H3,(H,17,20)(H,14,15,16). The van der Waals surface area contributed by atoms with Crippen molar-refractivity contribution < 1.29 is 4.79 Å². The molecule has 0 aliphatic heterocycles. The fourth-order valence-corrected chi connectivity index (χ4v) is 1.53. The maximum atomic E-state index is 11.8. The molecule has 2 heterocycles. The third-order valence-corrected chi connectivity index (χ3v) is 2.58. The van der Waals surface area contributed by atoms with E-state index in [2.05, 4.69) is 25.5 Å². The monoisotopic (exact) mass is 274 g/mol. The normalized spacial score (nSPS) is 10.6. The Morgan fingerprint density at radius 1 is 1.25 bits per heavy atom. The van der Waals surface area contributed by atoms with Gasteiger partial charge in [0, 0.05) is 25.5 Å². The van der Waals surface area contributed by atoms with Crippen LogP contribution in [0.4, 0.5) is 16.4 Å². The van der Waals surface area contributed by atoms with Crippen LogP contribution in [-0.2, 0) is 0 Å². The Morgan fingerprint density at radius 3 is 2.50 bits per heavy atom. The van der Waals surface area contributed by atoms with Crippen LogP contribution >= 0.6 is 0 Å². The van der Waals surface area contributed by atoms with Crippen LogP contribution in [-0.4, -0.2) is 52.7 Å². The number of hydrogen-bond acceptors (Lipinski definition) is 5.